The summed E-state index contributed by atoms with van der Waals surface area (Å²) in [4.78, 5) is 2.52. The van der Waals surface area contributed by atoms with Crippen molar-refractivity contribution in [3.63, 3.8) is 0 Å². The Morgan fingerprint density at radius 2 is 2.05 bits per heavy atom. The molecule has 4 heteroatoms. The van der Waals surface area contributed by atoms with E-state index < -0.39 is 0 Å². The molecule has 1 aliphatic carbocycles. The van der Waals surface area contributed by atoms with Gasteiger partial charge in [-0.3, -0.25) is 4.90 Å². The van der Waals surface area contributed by atoms with Crippen LogP contribution in [0, 0.1) is 0 Å². The first kappa shape index (κ1) is 15.6. The van der Waals surface area contributed by atoms with E-state index >= 15 is 0 Å². The van der Waals surface area contributed by atoms with E-state index in [4.69, 9.17) is 14.2 Å². The van der Waals surface area contributed by atoms with Crippen molar-refractivity contribution in [2.45, 2.75) is 44.8 Å². The van der Waals surface area contributed by atoms with Gasteiger partial charge in [-0.1, -0.05) is 18.9 Å². The number of morpholine rings is 1. The van der Waals surface area contributed by atoms with Crippen molar-refractivity contribution in [3.05, 3.63) is 23.8 Å². The van der Waals surface area contributed by atoms with Crippen molar-refractivity contribution in [1.82, 2.24) is 4.90 Å². The molecule has 1 spiro atoms. The van der Waals surface area contributed by atoms with Crippen molar-refractivity contribution in [2.24, 2.45) is 0 Å². The third kappa shape index (κ3) is 3.39. The number of rotatable bonds is 5. The van der Waals surface area contributed by atoms with Crippen LogP contribution in [-0.4, -0.2) is 43.9 Å². The molecule has 1 aromatic carbocycles. The van der Waals surface area contributed by atoms with Gasteiger partial charge in [0, 0.05) is 19.6 Å². The minimum absolute atomic E-state index is 0.132. The highest BCUT2D eigenvalue weighted by Crippen LogP contribution is 2.36. The first-order valence-electron chi connectivity index (χ1n) is 8.41. The summed E-state index contributed by atoms with van der Waals surface area (Å²) in [6.45, 7) is 6.53. The highest BCUT2D eigenvalue weighted by molar-refractivity contribution is 5.43. The molecule has 0 N–H and O–H groups in total. The number of hydrogen-bond donors (Lipinski definition) is 0. The van der Waals surface area contributed by atoms with E-state index in [0.29, 0.717) is 6.61 Å². The summed E-state index contributed by atoms with van der Waals surface area (Å²) in [5.41, 5.74) is 1.41. The summed E-state index contributed by atoms with van der Waals surface area (Å²) < 4.78 is 17.1. The molecule has 1 heterocycles. The molecule has 4 nitrogen and oxygen atoms in total. The SMILES string of the molecule is CCOc1cc(CN2CCOC3(CCCC3)C2)ccc1OC. The molecular weight excluding hydrogens is 278 g/mol. The summed E-state index contributed by atoms with van der Waals surface area (Å²) in [5.74, 6) is 1.64. The second kappa shape index (κ2) is 6.88. The molecule has 0 amide bonds. The van der Waals surface area contributed by atoms with Crippen molar-refractivity contribution in [2.75, 3.05) is 33.4 Å². The molecule has 1 aliphatic heterocycles. The van der Waals surface area contributed by atoms with E-state index in [1.165, 1.54) is 31.2 Å². The fourth-order valence-electron chi connectivity index (χ4n) is 3.73. The topological polar surface area (TPSA) is 30.9 Å². The molecule has 122 valence electrons. The summed E-state index contributed by atoms with van der Waals surface area (Å²) in [6.07, 6.45) is 5.06. The molecule has 0 atom stereocenters. The second-order valence-electron chi connectivity index (χ2n) is 6.37. The monoisotopic (exact) mass is 305 g/mol. The Morgan fingerprint density at radius 3 is 2.77 bits per heavy atom. The van der Waals surface area contributed by atoms with Gasteiger partial charge in [-0.05, 0) is 37.5 Å². The molecule has 2 fully saturated rings. The van der Waals surface area contributed by atoms with Crippen LogP contribution in [0.3, 0.4) is 0 Å². The van der Waals surface area contributed by atoms with E-state index in [-0.39, 0.29) is 5.60 Å². The molecule has 1 saturated heterocycles. The van der Waals surface area contributed by atoms with Gasteiger partial charge in [0.05, 0.1) is 25.9 Å². The summed E-state index contributed by atoms with van der Waals surface area (Å²) in [7, 11) is 1.68. The number of benzene rings is 1. The molecule has 0 aromatic heterocycles. The van der Waals surface area contributed by atoms with Crippen molar-refractivity contribution in [3.8, 4) is 11.5 Å². The van der Waals surface area contributed by atoms with Gasteiger partial charge in [0.25, 0.3) is 0 Å². The van der Waals surface area contributed by atoms with Gasteiger partial charge in [-0.15, -0.1) is 0 Å². The largest absolute Gasteiger partial charge is 0.493 e. The van der Waals surface area contributed by atoms with Crippen LogP contribution >= 0.6 is 0 Å². The van der Waals surface area contributed by atoms with Crippen LogP contribution in [0.2, 0.25) is 0 Å². The fourth-order valence-corrected chi connectivity index (χ4v) is 3.73. The van der Waals surface area contributed by atoms with E-state index in [9.17, 15) is 0 Å². The second-order valence-corrected chi connectivity index (χ2v) is 6.37. The van der Waals surface area contributed by atoms with Crippen molar-refractivity contribution >= 4 is 0 Å². The Kier molecular flexibility index (Phi) is 4.89. The van der Waals surface area contributed by atoms with Gasteiger partial charge >= 0.3 is 0 Å². The lowest BCUT2D eigenvalue weighted by Gasteiger charge is -2.40. The number of ether oxygens (including phenoxy) is 3. The maximum absolute atomic E-state index is 6.11. The summed E-state index contributed by atoms with van der Waals surface area (Å²) >= 11 is 0. The predicted molar refractivity (Wildman–Crippen MR) is 86.6 cm³/mol. The zero-order valence-electron chi connectivity index (χ0n) is 13.8. The Labute approximate surface area is 133 Å². The molecule has 22 heavy (non-hydrogen) atoms. The van der Waals surface area contributed by atoms with Crippen LogP contribution in [0.15, 0.2) is 18.2 Å². The van der Waals surface area contributed by atoms with Crippen LogP contribution in [0.25, 0.3) is 0 Å². The van der Waals surface area contributed by atoms with Gasteiger partial charge in [-0.2, -0.15) is 0 Å². The van der Waals surface area contributed by atoms with Crippen LogP contribution in [0.4, 0.5) is 0 Å². The van der Waals surface area contributed by atoms with E-state index in [1.54, 1.807) is 7.11 Å². The minimum Gasteiger partial charge on any atom is -0.493 e. The maximum Gasteiger partial charge on any atom is 0.161 e. The molecule has 0 radical (unpaired) electrons. The van der Waals surface area contributed by atoms with Gasteiger partial charge in [-0.25, -0.2) is 0 Å². The average molecular weight is 305 g/mol. The van der Waals surface area contributed by atoms with Gasteiger partial charge < -0.3 is 14.2 Å². The molecule has 2 aliphatic rings. The average Bonchev–Trinajstić information content (AvgIpc) is 2.96. The Morgan fingerprint density at radius 1 is 1.23 bits per heavy atom. The normalized spacial score (nSPS) is 21.2. The molecule has 0 unspecified atom stereocenters. The number of methoxy groups -OCH3 is 1. The van der Waals surface area contributed by atoms with Crippen LogP contribution in [0.5, 0.6) is 11.5 Å². The molecule has 3 rings (SSSR count). The Hall–Kier alpha value is -1.26. The summed E-state index contributed by atoms with van der Waals surface area (Å²) in [6, 6.07) is 6.25. The lowest BCUT2D eigenvalue weighted by atomic mass is 9.99. The zero-order chi connectivity index (χ0) is 15.4. The highest BCUT2D eigenvalue weighted by atomic mass is 16.5. The summed E-state index contributed by atoms with van der Waals surface area (Å²) in [5, 5.41) is 0. The lowest BCUT2D eigenvalue weighted by molar-refractivity contribution is -0.107. The van der Waals surface area contributed by atoms with Gasteiger partial charge in [0.2, 0.25) is 0 Å². The Balaban J connectivity index is 1.68. The first-order valence-corrected chi connectivity index (χ1v) is 8.41. The van der Waals surface area contributed by atoms with Crippen LogP contribution < -0.4 is 9.47 Å². The van der Waals surface area contributed by atoms with E-state index in [1.807, 2.05) is 13.0 Å². The molecule has 1 aromatic rings. The minimum atomic E-state index is 0.132. The quantitative estimate of drug-likeness (QED) is 0.835. The first-order chi connectivity index (χ1) is 10.7. The third-order valence-electron chi connectivity index (χ3n) is 4.78. The molecule has 0 bridgehead atoms. The van der Waals surface area contributed by atoms with Crippen molar-refractivity contribution < 1.29 is 14.2 Å². The number of hydrogen-bond acceptors (Lipinski definition) is 4. The third-order valence-corrected chi connectivity index (χ3v) is 4.78. The van der Waals surface area contributed by atoms with E-state index in [0.717, 1.165) is 37.7 Å². The van der Waals surface area contributed by atoms with Crippen molar-refractivity contribution in [1.29, 1.82) is 0 Å². The Bertz CT molecular complexity index is 497. The highest BCUT2D eigenvalue weighted by Gasteiger charge is 2.39. The lowest BCUT2D eigenvalue weighted by Crippen LogP contribution is -2.49. The van der Waals surface area contributed by atoms with Crippen LogP contribution in [0.1, 0.15) is 38.2 Å². The molecular formula is C18H27NO3. The van der Waals surface area contributed by atoms with Gasteiger partial charge in [0.15, 0.2) is 11.5 Å². The zero-order valence-corrected chi connectivity index (χ0v) is 13.8. The smallest absolute Gasteiger partial charge is 0.161 e. The standard InChI is InChI=1S/C18H27NO3/c1-3-21-17-12-15(6-7-16(17)20-2)13-19-10-11-22-18(14-19)8-4-5-9-18/h6-7,12H,3-5,8-11,13-14H2,1-2H3. The fraction of sp³-hybridized carbons (Fsp3) is 0.667. The van der Waals surface area contributed by atoms with Gasteiger partial charge in [0.1, 0.15) is 0 Å². The number of nitrogens with zero attached hydrogens (tertiary/aromatic N) is 1. The van der Waals surface area contributed by atoms with Crippen LogP contribution in [-0.2, 0) is 11.3 Å². The maximum atomic E-state index is 6.11. The van der Waals surface area contributed by atoms with E-state index in [2.05, 4.69) is 17.0 Å². The predicted octanol–water partition coefficient (Wildman–Crippen LogP) is 3.24. The molecule has 1 saturated carbocycles.